The Morgan fingerprint density at radius 3 is 2.82 bits per heavy atom. The van der Waals surface area contributed by atoms with Gasteiger partial charge in [0.05, 0.1) is 22.7 Å². The first-order valence-electron chi connectivity index (χ1n) is 9.33. The molecule has 0 spiro atoms. The van der Waals surface area contributed by atoms with Crippen molar-refractivity contribution in [2.45, 2.75) is 43.2 Å². The summed E-state index contributed by atoms with van der Waals surface area (Å²) in [6, 6.07) is 8.09. The van der Waals surface area contributed by atoms with Crippen molar-refractivity contribution in [2.24, 2.45) is 5.73 Å². The van der Waals surface area contributed by atoms with E-state index < -0.39 is 15.9 Å². The van der Waals surface area contributed by atoms with E-state index in [1.165, 1.54) is 6.20 Å². The first-order valence-corrected chi connectivity index (χ1v) is 11.0. The Morgan fingerprint density at radius 1 is 1.21 bits per heavy atom. The topological polar surface area (TPSA) is 111 Å². The lowest BCUT2D eigenvalue weighted by atomic mass is 10.1. The third-order valence-electron chi connectivity index (χ3n) is 4.66. The minimum Gasteiger partial charge on any atom is -0.491 e. The Labute approximate surface area is 165 Å². The van der Waals surface area contributed by atoms with Crippen LogP contribution in [0.5, 0.6) is 5.75 Å². The molecule has 28 heavy (non-hydrogen) atoms. The van der Waals surface area contributed by atoms with Gasteiger partial charge in [-0.2, -0.15) is 0 Å². The maximum absolute atomic E-state index is 12.7. The van der Waals surface area contributed by atoms with Crippen LogP contribution < -0.4 is 15.8 Å². The van der Waals surface area contributed by atoms with Crippen LogP contribution in [0, 0.1) is 0 Å². The van der Waals surface area contributed by atoms with E-state index in [-0.39, 0.29) is 29.2 Å². The normalized spacial score (nSPS) is 23.1. The van der Waals surface area contributed by atoms with Crippen molar-refractivity contribution >= 4 is 15.7 Å². The second-order valence-electron chi connectivity index (χ2n) is 7.05. The van der Waals surface area contributed by atoms with Gasteiger partial charge in [0.25, 0.3) is 0 Å². The predicted molar refractivity (Wildman–Crippen MR) is 107 cm³/mol. The highest BCUT2D eigenvalue weighted by atomic mass is 32.2. The van der Waals surface area contributed by atoms with Crippen LogP contribution >= 0.6 is 0 Å². The molecule has 8 heteroatoms. The molecule has 1 aromatic carbocycles. The van der Waals surface area contributed by atoms with Gasteiger partial charge in [-0.15, -0.1) is 0 Å². The number of hydrogen-bond acceptors (Lipinski definition) is 6. The molecule has 2 atom stereocenters. The van der Waals surface area contributed by atoms with Gasteiger partial charge in [-0.3, -0.25) is 9.78 Å². The summed E-state index contributed by atoms with van der Waals surface area (Å²) in [5.41, 5.74) is 7.34. The molecule has 3 rings (SSSR count). The summed E-state index contributed by atoms with van der Waals surface area (Å²) in [5, 5.41) is 2.84. The van der Waals surface area contributed by atoms with Crippen LogP contribution in [0.2, 0.25) is 0 Å². The van der Waals surface area contributed by atoms with Gasteiger partial charge in [0.1, 0.15) is 12.4 Å². The minimum absolute atomic E-state index is 0.0129. The van der Waals surface area contributed by atoms with E-state index in [4.69, 9.17) is 10.5 Å². The molecule has 1 aromatic heterocycles. The predicted octanol–water partition coefficient (Wildman–Crippen LogP) is 1.92. The van der Waals surface area contributed by atoms with E-state index in [1.54, 1.807) is 18.3 Å². The number of pyridine rings is 1. The number of rotatable bonds is 0. The number of carbonyl (C=O) groups excluding carboxylic acids is 1. The Bertz CT molecular complexity index is 946. The summed E-state index contributed by atoms with van der Waals surface area (Å²) in [5.74, 6) is 0.325. The molecule has 2 heterocycles. The van der Waals surface area contributed by atoms with Crippen LogP contribution in [-0.4, -0.2) is 43.8 Å². The van der Waals surface area contributed by atoms with Gasteiger partial charge in [-0.05, 0) is 31.9 Å². The zero-order valence-electron chi connectivity index (χ0n) is 15.8. The number of benzene rings is 1. The summed E-state index contributed by atoms with van der Waals surface area (Å²) in [7, 11) is -3.47. The lowest BCUT2D eigenvalue weighted by molar-refractivity contribution is -0.123. The average molecular weight is 404 g/mol. The highest BCUT2D eigenvalue weighted by molar-refractivity contribution is 7.91. The molecule has 1 aliphatic heterocycles. The fourth-order valence-electron chi connectivity index (χ4n) is 3.08. The monoisotopic (exact) mass is 403 g/mol. The summed E-state index contributed by atoms with van der Waals surface area (Å²) in [6.07, 6.45) is 4.40. The van der Waals surface area contributed by atoms with Gasteiger partial charge >= 0.3 is 0 Å². The van der Waals surface area contributed by atoms with Crippen LogP contribution in [0.25, 0.3) is 11.1 Å². The fourth-order valence-corrected chi connectivity index (χ4v) is 4.43. The highest BCUT2D eigenvalue weighted by Gasteiger charge is 2.20. The SMILES string of the molecule is C[C@@H]1COc2ccccc2-c2cncc(c2)S(=O)(=O)CCCC[C@H](N)C(=O)N1. The summed E-state index contributed by atoms with van der Waals surface area (Å²) in [6.45, 7) is 2.12. The maximum Gasteiger partial charge on any atom is 0.237 e. The minimum atomic E-state index is -3.47. The van der Waals surface area contributed by atoms with Crippen LogP contribution in [0.4, 0.5) is 0 Å². The van der Waals surface area contributed by atoms with Crippen molar-refractivity contribution in [1.29, 1.82) is 0 Å². The smallest absolute Gasteiger partial charge is 0.237 e. The van der Waals surface area contributed by atoms with Crippen molar-refractivity contribution < 1.29 is 17.9 Å². The van der Waals surface area contributed by atoms with Crippen molar-refractivity contribution in [2.75, 3.05) is 12.4 Å². The summed E-state index contributed by atoms with van der Waals surface area (Å²) < 4.78 is 31.3. The number of nitrogens with one attached hydrogen (secondary N) is 1. The van der Waals surface area contributed by atoms with E-state index >= 15 is 0 Å². The van der Waals surface area contributed by atoms with Gasteiger partial charge < -0.3 is 15.8 Å². The van der Waals surface area contributed by atoms with Gasteiger partial charge in [-0.25, -0.2) is 8.42 Å². The summed E-state index contributed by atoms with van der Waals surface area (Å²) in [4.78, 5) is 16.5. The number of nitrogens with two attached hydrogens (primary N) is 1. The number of ether oxygens (including phenoxy) is 1. The van der Waals surface area contributed by atoms with E-state index in [0.29, 0.717) is 30.6 Å². The van der Waals surface area contributed by atoms with E-state index in [0.717, 1.165) is 5.56 Å². The Hall–Kier alpha value is -2.45. The van der Waals surface area contributed by atoms with Crippen molar-refractivity contribution in [1.82, 2.24) is 10.3 Å². The molecule has 150 valence electrons. The number of carbonyl (C=O) groups is 1. The average Bonchev–Trinajstić information content (AvgIpc) is 2.69. The fraction of sp³-hybridized carbons (Fsp3) is 0.400. The van der Waals surface area contributed by atoms with Crippen LogP contribution in [0.1, 0.15) is 26.2 Å². The molecule has 1 aliphatic rings. The molecule has 0 saturated carbocycles. The third-order valence-corrected chi connectivity index (χ3v) is 6.43. The van der Waals surface area contributed by atoms with Gasteiger partial charge in [0.15, 0.2) is 9.84 Å². The second kappa shape index (κ2) is 8.70. The van der Waals surface area contributed by atoms with Crippen molar-refractivity contribution in [3.8, 4) is 16.9 Å². The van der Waals surface area contributed by atoms with Crippen LogP contribution in [0.3, 0.4) is 0 Å². The molecule has 1 amide bonds. The van der Waals surface area contributed by atoms with Gasteiger partial charge in [-0.1, -0.05) is 24.6 Å². The first kappa shape index (κ1) is 20.3. The molecule has 0 aliphatic carbocycles. The molecular weight excluding hydrogens is 378 g/mol. The first-order chi connectivity index (χ1) is 13.4. The number of hydrogen-bond donors (Lipinski definition) is 2. The van der Waals surface area contributed by atoms with Crippen molar-refractivity contribution in [3.05, 3.63) is 42.7 Å². The van der Waals surface area contributed by atoms with E-state index in [9.17, 15) is 13.2 Å². The molecule has 2 aromatic rings. The van der Waals surface area contributed by atoms with E-state index in [2.05, 4.69) is 10.3 Å². The maximum atomic E-state index is 12.7. The lowest BCUT2D eigenvalue weighted by Crippen LogP contribution is -2.46. The second-order valence-corrected chi connectivity index (χ2v) is 9.16. The number of para-hydroxylation sites is 1. The molecule has 0 radical (unpaired) electrons. The molecule has 0 unspecified atom stereocenters. The zero-order valence-corrected chi connectivity index (χ0v) is 16.6. The molecule has 3 N–H and O–H groups in total. The molecular formula is C20H25N3O4S. The molecule has 2 bridgehead atoms. The number of fused-ring (bicyclic) bond motifs is 4. The lowest BCUT2D eigenvalue weighted by Gasteiger charge is -2.19. The third kappa shape index (κ3) is 4.88. The largest absolute Gasteiger partial charge is 0.491 e. The number of aromatic nitrogens is 1. The number of sulfone groups is 1. The van der Waals surface area contributed by atoms with Crippen LogP contribution in [-0.2, 0) is 14.6 Å². The molecule has 0 saturated heterocycles. The Morgan fingerprint density at radius 2 is 2.00 bits per heavy atom. The van der Waals surface area contributed by atoms with Crippen molar-refractivity contribution in [3.63, 3.8) is 0 Å². The van der Waals surface area contributed by atoms with Crippen LogP contribution in [0.15, 0.2) is 47.6 Å². The quantitative estimate of drug-likeness (QED) is 0.695. The van der Waals surface area contributed by atoms with Gasteiger partial charge in [0, 0.05) is 23.5 Å². The number of nitrogens with zero attached hydrogens (tertiary/aromatic N) is 1. The Balaban J connectivity index is 1.98. The summed E-state index contributed by atoms with van der Waals surface area (Å²) >= 11 is 0. The molecule has 0 fully saturated rings. The number of amides is 1. The zero-order chi connectivity index (χ0) is 20.1. The van der Waals surface area contributed by atoms with Gasteiger partial charge in [0.2, 0.25) is 5.91 Å². The molecule has 7 nitrogen and oxygen atoms in total. The van der Waals surface area contributed by atoms with E-state index in [1.807, 2.05) is 25.1 Å². The highest BCUT2D eigenvalue weighted by Crippen LogP contribution is 2.31. The standard InChI is InChI=1S/C20H25N3O4S/c1-14-13-27-19-8-3-2-6-17(19)15-10-16(12-22-11-15)28(25,26)9-5-4-7-18(21)20(24)23-14/h2-3,6,8,10-12,14,18H,4-5,7,9,13,21H2,1H3,(H,23,24)/t14-,18+/m1/s1. The Kier molecular flexibility index (Phi) is 6.31.